The van der Waals surface area contributed by atoms with Gasteiger partial charge in [-0.05, 0) is 44.1 Å². The van der Waals surface area contributed by atoms with Crippen LogP contribution >= 0.6 is 8.30 Å². The van der Waals surface area contributed by atoms with E-state index in [1.54, 1.807) is 19.7 Å². The average molecular weight is 488 g/mol. The van der Waals surface area contributed by atoms with Gasteiger partial charge in [-0.25, -0.2) is 13.2 Å². The number of hydrogen-bond acceptors (Lipinski definition) is 6. The standard InChI is InChI=1S/C21H26F3N2O4P.C2H6/c1-12-4-5-16(14(22)8-12)25-20-18(24)15(23)9-17(29-2)19(20)26-31(3)30-21(6-7-21)10-13(28)11-27;1-2/h4-5,8-9,13,25-28H,6-7,10-11H2,1-3H3;1-2H3. The quantitative estimate of drug-likeness (QED) is 0.315. The highest BCUT2D eigenvalue weighted by Gasteiger charge is 2.47. The third kappa shape index (κ3) is 6.96. The van der Waals surface area contributed by atoms with Gasteiger partial charge in [0.1, 0.15) is 31.2 Å². The minimum absolute atomic E-state index is 0.0205. The largest absolute Gasteiger partial charge is 0.494 e. The van der Waals surface area contributed by atoms with E-state index in [-0.39, 0.29) is 35.8 Å². The van der Waals surface area contributed by atoms with Crippen molar-refractivity contribution in [3.63, 3.8) is 0 Å². The molecule has 2 aromatic rings. The predicted molar refractivity (Wildman–Crippen MR) is 126 cm³/mol. The van der Waals surface area contributed by atoms with Crippen molar-refractivity contribution in [2.24, 2.45) is 0 Å². The van der Waals surface area contributed by atoms with Gasteiger partial charge in [-0.2, -0.15) is 0 Å². The Bertz CT molecular complexity index is 944. The lowest BCUT2D eigenvalue weighted by Crippen LogP contribution is -2.24. The monoisotopic (exact) mass is 488 g/mol. The maximum absolute atomic E-state index is 14.7. The van der Waals surface area contributed by atoms with E-state index in [2.05, 4.69) is 10.4 Å². The van der Waals surface area contributed by atoms with Gasteiger partial charge < -0.3 is 29.9 Å². The van der Waals surface area contributed by atoms with Crippen LogP contribution in [0.15, 0.2) is 24.3 Å². The van der Waals surface area contributed by atoms with E-state index < -0.39 is 37.5 Å². The van der Waals surface area contributed by atoms with E-state index in [0.717, 1.165) is 6.07 Å². The average Bonchev–Trinajstić information content (AvgIpc) is 3.54. The molecule has 4 N–H and O–H groups in total. The number of halogens is 3. The molecule has 1 aliphatic rings. The molecule has 3 rings (SSSR count). The lowest BCUT2D eigenvalue weighted by atomic mass is 10.1. The summed E-state index contributed by atoms with van der Waals surface area (Å²) in [7, 11) is -0.0988. The summed E-state index contributed by atoms with van der Waals surface area (Å²) in [6.07, 6.45) is 0.803. The van der Waals surface area contributed by atoms with E-state index in [0.29, 0.717) is 18.4 Å². The van der Waals surface area contributed by atoms with Crippen molar-refractivity contribution in [1.82, 2.24) is 0 Å². The molecule has 6 nitrogen and oxygen atoms in total. The fourth-order valence-corrected chi connectivity index (χ4v) is 4.71. The van der Waals surface area contributed by atoms with Crippen LogP contribution in [0.2, 0.25) is 0 Å². The lowest BCUT2D eigenvalue weighted by molar-refractivity contribution is 0.0455. The number of aryl methyl sites for hydroxylation is 1. The summed E-state index contributed by atoms with van der Waals surface area (Å²) in [5.41, 5.74) is -0.125. The van der Waals surface area contributed by atoms with Gasteiger partial charge >= 0.3 is 0 Å². The molecule has 0 aromatic heterocycles. The fourth-order valence-electron chi connectivity index (χ4n) is 3.29. The van der Waals surface area contributed by atoms with Crippen LogP contribution in [0.3, 0.4) is 0 Å². The third-order valence-electron chi connectivity index (χ3n) is 5.01. The van der Waals surface area contributed by atoms with Gasteiger partial charge in [-0.1, -0.05) is 19.9 Å². The van der Waals surface area contributed by atoms with E-state index in [1.807, 2.05) is 13.8 Å². The van der Waals surface area contributed by atoms with Crippen molar-refractivity contribution in [3.05, 3.63) is 47.3 Å². The number of aliphatic hydroxyl groups excluding tert-OH is 2. The first-order chi connectivity index (χ1) is 15.7. The number of ether oxygens (including phenoxy) is 1. The minimum Gasteiger partial charge on any atom is -0.494 e. The maximum atomic E-state index is 14.7. The van der Waals surface area contributed by atoms with Crippen LogP contribution in [0.5, 0.6) is 5.75 Å². The summed E-state index contributed by atoms with van der Waals surface area (Å²) in [4.78, 5) is 0. The van der Waals surface area contributed by atoms with Crippen molar-refractivity contribution in [1.29, 1.82) is 0 Å². The number of anilines is 3. The van der Waals surface area contributed by atoms with Crippen molar-refractivity contribution in [2.75, 3.05) is 30.8 Å². The van der Waals surface area contributed by atoms with E-state index in [1.165, 1.54) is 19.2 Å². The topological polar surface area (TPSA) is 83.0 Å². The first-order valence-electron chi connectivity index (χ1n) is 10.8. The molecule has 0 bridgehead atoms. The Morgan fingerprint density at radius 2 is 1.79 bits per heavy atom. The molecule has 0 aliphatic heterocycles. The van der Waals surface area contributed by atoms with Crippen LogP contribution in [0.4, 0.5) is 30.2 Å². The molecule has 0 spiro atoms. The number of methoxy groups -OCH3 is 1. The Balaban J connectivity index is 0.00000187. The van der Waals surface area contributed by atoms with Gasteiger partial charge in [-0.15, -0.1) is 0 Å². The Hall–Kier alpha value is -2.06. The van der Waals surface area contributed by atoms with Crippen LogP contribution in [0.1, 0.15) is 38.7 Å². The zero-order chi connectivity index (χ0) is 24.8. The third-order valence-corrected chi connectivity index (χ3v) is 6.21. The number of nitrogens with one attached hydrogen (secondary N) is 2. The fraction of sp³-hybridized carbons (Fsp3) is 0.478. The molecule has 1 fully saturated rings. The van der Waals surface area contributed by atoms with Crippen molar-refractivity contribution < 1.29 is 32.6 Å². The summed E-state index contributed by atoms with van der Waals surface area (Å²) < 4.78 is 54.5. The summed E-state index contributed by atoms with van der Waals surface area (Å²) in [5.74, 6) is -2.93. The normalized spacial score (nSPS) is 15.7. The number of rotatable bonds is 10. The summed E-state index contributed by atoms with van der Waals surface area (Å²) in [6, 6.07) is 5.26. The van der Waals surface area contributed by atoms with Crippen molar-refractivity contribution in [2.45, 2.75) is 51.7 Å². The van der Waals surface area contributed by atoms with E-state index in [9.17, 15) is 18.3 Å². The van der Waals surface area contributed by atoms with Crippen molar-refractivity contribution in [3.8, 4) is 5.75 Å². The van der Waals surface area contributed by atoms with Crippen LogP contribution in [-0.4, -0.2) is 42.3 Å². The first-order valence-corrected chi connectivity index (χ1v) is 12.5. The molecular formula is C23H32F3N2O4P. The van der Waals surface area contributed by atoms with Gasteiger partial charge in [0.25, 0.3) is 0 Å². The molecule has 10 heteroatoms. The van der Waals surface area contributed by atoms with Crippen LogP contribution in [0, 0.1) is 24.4 Å². The van der Waals surface area contributed by atoms with E-state index in [4.69, 9.17) is 14.4 Å². The molecule has 0 heterocycles. The minimum atomic E-state index is -1.41. The molecule has 0 saturated heterocycles. The van der Waals surface area contributed by atoms with Gasteiger partial charge in [0, 0.05) is 12.5 Å². The summed E-state index contributed by atoms with van der Waals surface area (Å²) >= 11 is 0. The molecule has 2 unspecified atom stereocenters. The van der Waals surface area contributed by atoms with Gasteiger partial charge in [-0.3, -0.25) is 0 Å². The molecule has 0 radical (unpaired) electrons. The van der Waals surface area contributed by atoms with Gasteiger partial charge in [0.05, 0.1) is 31.1 Å². The zero-order valence-electron chi connectivity index (χ0n) is 19.5. The highest BCUT2D eigenvalue weighted by Crippen LogP contribution is 2.54. The number of benzene rings is 2. The summed E-state index contributed by atoms with van der Waals surface area (Å²) in [6.45, 7) is 7.08. The zero-order valence-corrected chi connectivity index (χ0v) is 20.4. The maximum Gasteiger partial charge on any atom is 0.184 e. The first kappa shape index (κ1) is 27.2. The Morgan fingerprint density at radius 3 is 2.33 bits per heavy atom. The molecular weight excluding hydrogens is 456 g/mol. The molecule has 1 aliphatic carbocycles. The van der Waals surface area contributed by atoms with Crippen LogP contribution in [-0.2, 0) is 4.52 Å². The second-order valence-electron chi connectivity index (χ2n) is 7.66. The van der Waals surface area contributed by atoms with Gasteiger partial charge in [0.2, 0.25) is 0 Å². The highest BCUT2D eigenvalue weighted by molar-refractivity contribution is 7.53. The van der Waals surface area contributed by atoms with Gasteiger partial charge in [0.15, 0.2) is 11.6 Å². The van der Waals surface area contributed by atoms with Crippen LogP contribution in [0.25, 0.3) is 0 Å². The van der Waals surface area contributed by atoms with Crippen LogP contribution < -0.4 is 15.1 Å². The molecule has 33 heavy (non-hydrogen) atoms. The Kier molecular flexibility index (Phi) is 9.79. The summed E-state index contributed by atoms with van der Waals surface area (Å²) in [5, 5.41) is 24.5. The highest BCUT2D eigenvalue weighted by atomic mass is 31.2. The Morgan fingerprint density at radius 1 is 1.12 bits per heavy atom. The Labute approximate surface area is 194 Å². The molecule has 184 valence electrons. The number of hydrogen-bond donors (Lipinski definition) is 4. The molecule has 2 atom stereocenters. The molecule has 1 saturated carbocycles. The molecule has 2 aromatic carbocycles. The SMILES string of the molecule is CC.COc1cc(F)c(F)c(Nc2ccc(C)cc2F)c1NP(C)OC1(CC(O)CO)CC1. The number of aliphatic hydroxyl groups is 2. The van der Waals surface area contributed by atoms with E-state index >= 15 is 0 Å². The molecule has 0 amide bonds. The smallest absolute Gasteiger partial charge is 0.184 e. The second-order valence-corrected chi connectivity index (χ2v) is 9.06. The second kappa shape index (κ2) is 11.9. The van der Waals surface area contributed by atoms with Crippen molar-refractivity contribution >= 4 is 25.4 Å². The predicted octanol–water partition coefficient (Wildman–Crippen LogP) is 5.84. The lowest BCUT2D eigenvalue weighted by Gasteiger charge is -2.26.